The minimum absolute atomic E-state index is 0.202. The number of carbonyl (C=O) groups excluding carboxylic acids is 1. The smallest absolute Gasteiger partial charge is 0.237 e. The summed E-state index contributed by atoms with van der Waals surface area (Å²) in [7, 11) is 0. The average Bonchev–Trinajstić information content (AvgIpc) is 2.68. The van der Waals surface area contributed by atoms with E-state index in [2.05, 4.69) is 60.0 Å². The summed E-state index contributed by atoms with van der Waals surface area (Å²) in [6.07, 6.45) is 0. The molecule has 1 aliphatic rings. The van der Waals surface area contributed by atoms with Crippen molar-refractivity contribution in [3.05, 3.63) is 66.2 Å². The highest BCUT2D eigenvalue weighted by Crippen LogP contribution is 2.16. The molecule has 0 radical (unpaired) electrons. The first kappa shape index (κ1) is 18.5. The Morgan fingerprint density at radius 2 is 1.50 bits per heavy atom. The molecule has 1 fully saturated rings. The van der Waals surface area contributed by atoms with E-state index in [0.717, 1.165) is 26.2 Å². The number of hydrogen-bond acceptors (Lipinski definition) is 3. The van der Waals surface area contributed by atoms with Gasteiger partial charge in [-0.25, -0.2) is 0 Å². The monoisotopic (exact) mass is 351 g/mol. The van der Waals surface area contributed by atoms with Crippen LogP contribution in [0.5, 0.6) is 0 Å². The van der Waals surface area contributed by atoms with Crippen molar-refractivity contribution in [2.75, 3.05) is 37.6 Å². The lowest BCUT2D eigenvalue weighted by Crippen LogP contribution is -2.51. The highest BCUT2D eigenvalue weighted by atomic mass is 16.2. The van der Waals surface area contributed by atoms with Gasteiger partial charge in [0.05, 0.1) is 6.54 Å². The zero-order valence-electron chi connectivity index (χ0n) is 15.8. The summed E-state index contributed by atoms with van der Waals surface area (Å²) in [6.45, 7) is 9.17. The van der Waals surface area contributed by atoms with Crippen LogP contribution in [-0.2, 0) is 11.3 Å². The number of benzene rings is 2. The molecule has 138 valence electrons. The van der Waals surface area contributed by atoms with Crippen molar-refractivity contribution >= 4 is 11.6 Å². The molecule has 4 nitrogen and oxygen atoms in total. The molecule has 0 unspecified atom stereocenters. The Morgan fingerprint density at radius 1 is 0.923 bits per heavy atom. The van der Waals surface area contributed by atoms with E-state index >= 15 is 0 Å². The molecule has 3 rings (SSSR count). The molecule has 0 atom stereocenters. The van der Waals surface area contributed by atoms with Crippen LogP contribution < -0.4 is 4.90 Å². The predicted molar refractivity (Wildman–Crippen MR) is 107 cm³/mol. The standard InChI is InChI=1S/C22H29N3O/c1-19(2)25(17-20-9-5-3-6-10-20)22(26)18-23-13-15-24(16-14-23)21-11-7-4-8-12-21/h3-12,19H,13-18H2,1-2H3. The fraction of sp³-hybridized carbons (Fsp3) is 0.409. The summed E-state index contributed by atoms with van der Waals surface area (Å²) in [5.41, 5.74) is 2.45. The summed E-state index contributed by atoms with van der Waals surface area (Å²) in [5.74, 6) is 0.219. The highest BCUT2D eigenvalue weighted by molar-refractivity contribution is 5.78. The van der Waals surface area contributed by atoms with Crippen LogP contribution in [0.25, 0.3) is 0 Å². The van der Waals surface area contributed by atoms with Crippen LogP contribution in [0.1, 0.15) is 19.4 Å². The predicted octanol–water partition coefficient (Wildman–Crippen LogP) is 3.25. The van der Waals surface area contributed by atoms with E-state index < -0.39 is 0 Å². The Kier molecular flexibility index (Phi) is 6.29. The van der Waals surface area contributed by atoms with Gasteiger partial charge in [0.2, 0.25) is 5.91 Å². The number of amides is 1. The number of hydrogen-bond donors (Lipinski definition) is 0. The molecule has 0 spiro atoms. The molecule has 0 aliphatic carbocycles. The zero-order chi connectivity index (χ0) is 18.4. The molecular formula is C22H29N3O. The SMILES string of the molecule is CC(C)N(Cc1ccccc1)C(=O)CN1CCN(c2ccccc2)CC1. The Balaban J connectivity index is 1.53. The summed E-state index contributed by atoms with van der Waals surface area (Å²) >= 11 is 0. The maximum atomic E-state index is 12.9. The Labute approximate surface area is 157 Å². The van der Waals surface area contributed by atoms with Gasteiger partial charge in [0.1, 0.15) is 0 Å². The first-order valence-electron chi connectivity index (χ1n) is 9.49. The van der Waals surface area contributed by atoms with Crippen molar-refractivity contribution in [2.45, 2.75) is 26.4 Å². The summed E-state index contributed by atoms with van der Waals surface area (Å²) in [6, 6.07) is 21.0. The number of piperazine rings is 1. The van der Waals surface area contributed by atoms with E-state index in [-0.39, 0.29) is 11.9 Å². The molecule has 1 amide bonds. The summed E-state index contributed by atoms with van der Waals surface area (Å²) in [4.78, 5) is 19.5. The maximum Gasteiger partial charge on any atom is 0.237 e. The Bertz CT molecular complexity index is 679. The van der Waals surface area contributed by atoms with Crippen LogP contribution in [0.3, 0.4) is 0 Å². The normalized spacial score (nSPS) is 15.3. The van der Waals surface area contributed by atoms with Crippen LogP contribution >= 0.6 is 0 Å². The van der Waals surface area contributed by atoms with Gasteiger partial charge in [0.25, 0.3) is 0 Å². The quantitative estimate of drug-likeness (QED) is 0.799. The van der Waals surface area contributed by atoms with Crippen molar-refractivity contribution in [2.24, 2.45) is 0 Å². The van der Waals surface area contributed by atoms with Gasteiger partial charge >= 0.3 is 0 Å². The van der Waals surface area contributed by atoms with Crippen LogP contribution in [0.4, 0.5) is 5.69 Å². The molecule has 1 saturated heterocycles. The fourth-order valence-electron chi connectivity index (χ4n) is 3.42. The fourth-order valence-corrected chi connectivity index (χ4v) is 3.42. The summed E-state index contributed by atoms with van der Waals surface area (Å²) < 4.78 is 0. The van der Waals surface area contributed by atoms with Gasteiger partial charge in [-0.05, 0) is 31.5 Å². The molecule has 0 bridgehead atoms. The van der Waals surface area contributed by atoms with Crippen molar-refractivity contribution < 1.29 is 4.79 Å². The number of carbonyl (C=O) groups is 1. The molecule has 1 aliphatic heterocycles. The molecule has 4 heteroatoms. The van der Waals surface area contributed by atoms with E-state index in [0.29, 0.717) is 13.1 Å². The van der Waals surface area contributed by atoms with E-state index in [1.54, 1.807) is 0 Å². The molecule has 0 saturated carbocycles. The van der Waals surface area contributed by atoms with Crippen LogP contribution in [-0.4, -0.2) is 54.5 Å². The Hall–Kier alpha value is -2.33. The minimum Gasteiger partial charge on any atom is -0.369 e. The van der Waals surface area contributed by atoms with Crippen molar-refractivity contribution in [1.82, 2.24) is 9.80 Å². The van der Waals surface area contributed by atoms with Gasteiger partial charge in [0.15, 0.2) is 0 Å². The zero-order valence-corrected chi connectivity index (χ0v) is 15.8. The van der Waals surface area contributed by atoms with Crippen LogP contribution in [0.2, 0.25) is 0 Å². The number of rotatable bonds is 6. The van der Waals surface area contributed by atoms with E-state index in [1.165, 1.54) is 11.3 Å². The third-order valence-electron chi connectivity index (χ3n) is 4.99. The van der Waals surface area contributed by atoms with E-state index in [4.69, 9.17) is 0 Å². The van der Waals surface area contributed by atoms with Gasteiger partial charge in [-0.1, -0.05) is 48.5 Å². The van der Waals surface area contributed by atoms with Crippen LogP contribution in [0, 0.1) is 0 Å². The first-order valence-corrected chi connectivity index (χ1v) is 9.49. The van der Waals surface area contributed by atoms with Crippen molar-refractivity contribution in [3.63, 3.8) is 0 Å². The molecule has 0 aromatic heterocycles. The number of nitrogens with zero attached hydrogens (tertiary/aromatic N) is 3. The first-order chi connectivity index (χ1) is 12.6. The van der Waals surface area contributed by atoms with Gasteiger partial charge in [0, 0.05) is 44.5 Å². The topological polar surface area (TPSA) is 26.8 Å². The van der Waals surface area contributed by atoms with Gasteiger partial charge in [-0.3, -0.25) is 9.69 Å². The number of anilines is 1. The maximum absolute atomic E-state index is 12.9. The van der Waals surface area contributed by atoms with Crippen molar-refractivity contribution in [1.29, 1.82) is 0 Å². The van der Waals surface area contributed by atoms with Gasteiger partial charge in [-0.15, -0.1) is 0 Å². The molecule has 0 N–H and O–H groups in total. The van der Waals surface area contributed by atoms with E-state index in [9.17, 15) is 4.79 Å². The third kappa shape index (κ3) is 4.85. The second-order valence-corrected chi connectivity index (χ2v) is 7.20. The third-order valence-corrected chi connectivity index (χ3v) is 4.99. The minimum atomic E-state index is 0.202. The largest absolute Gasteiger partial charge is 0.369 e. The second-order valence-electron chi connectivity index (χ2n) is 7.20. The lowest BCUT2D eigenvalue weighted by molar-refractivity contribution is -0.134. The average molecular weight is 351 g/mol. The van der Waals surface area contributed by atoms with Gasteiger partial charge in [-0.2, -0.15) is 0 Å². The van der Waals surface area contributed by atoms with Gasteiger partial charge < -0.3 is 9.80 Å². The molecule has 26 heavy (non-hydrogen) atoms. The molecule has 1 heterocycles. The molecule has 2 aromatic rings. The second kappa shape index (κ2) is 8.86. The van der Waals surface area contributed by atoms with Crippen LogP contribution in [0.15, 0.2) is 60.7 Å². The van der Waals surface area contributed by atoms with E-state index in [1.807, 2.05) is 29.2 Å². The summed E-state index contributed by atoms with van der Waals surface area (Å²) in [5, 5.41) is 0. The lowest BCUT2D eigenvalue weighted by Gasteiger charge is -2.37. The number of para-hydroxylation sites is 1. The Morgan fingerprint density at radius 3 is 2.08 bits per heavy atom. The lowest BCUT2D eigenvalue weighted by atomic mass is 10.2. The molecule has 2 aromatic carbocycles. The molecular weight excluding hydrogens is 322 g/mol. The highest BCUT2D eigenvalue weighted by Gasteiger charge is 2.23. The van der Waals surface area contributed by atoms with Crippen molar-refractivity contribution in [3.8, 4) is 0 Å².